The van der Waals surface area contributed by atoms with Crippen molar-refractivity contribution < 1.29 is 20.4 Å². The predicted octanol–water partition coefficient (Wildman–Crippen LogP) is 3.59. The topological polar surface area (TPSA) is 80.9 Å². The summed E-state index contributed by atoms with van der Waals surface area (Å²) in [6, 6.07) is 0. The maximum atomic E-state index is 10.2. The van der Waals surface area contributed by atoms with Gasteiger partial charge in [0.05, 0.1) is 12.2 Å². The van der Waals surface area contributed by atoms with Gasteiger partial charge in [0.1, 0.15) is 6.10 Å². The zero-order valence-electron chi connectivity index (χ0n) is 17.8. The fraction of sp³-hybridized carbons (Fsp3) is 0.833. The Morgan fingerprint density at radius 1 is 1.11 bits per heavy atom. The molecule has 4 N–H and O–H groups in total. The molecule has 3 saturated carbocycles. The highest BCUT2D eigenvalue weighted by molar-refractivity contribution is 5.27. The second kappa shape index (κ2) is 8.99. The molecule has 0 radical (unpaired) electrons. The minimum absolute atomic E-state index is 0.125. The largest absolute Gasteiger partial charge is 0.396 e. The highest BCUT2D eigenvalue weighted by Gasteiger charge is 2.50. The minimum atomic E-state index is -1.05. The molecule has 0 saturated heterocycles. The molecule has 0 aromatic heterocycles. The average Bonchev–Trinajstić information content (AvgIpc) is 3.03. The molecule has 3 rings (SSSR count). The van der Waals surface area contributed by atoms with E-state index < -0.39 is 18.3 Å². The molecule has 3 unspecified atom stereocenters. The lowest BCUT2D eigenvalue weighted by molar-refractivity contribution is -0.0893. The highest BCUT2D eigenvalue weighted by atomic mass is 16.4. The van der Waals surface area contributed by atoms with Crippen molar-refractivity contribution in [1.82, 2.24) is 0 Å². The van der Waals surface area contributed by atoms with Gasteiger partial charge in [-0.15, -0.1) is 0 Å². The van der Waals surface area contributed by atoms with E-state index in [4.69, 9.17) is 0 Å². The number of aliphatic hydroxyl groups excluding tert-OH is 4. The van der Waals surface area contributed by atoms with Crippen molar-refractivity contribution in [3.05, 3.63) is 23.3 Å². The van der Waals surface area contributed by atoms with Gasteiger partial charge in [-0.2, -0.15) is 0 Å². The molecule has 0 heterocycles. The first kappa shape index (κ1) is 22.0. The van der Waals surface area contributed by atoms with E-state index in [2.05, 4.69) is 26.0 Å². The molecule has 160 valence electrons. The quantitative estimate of drug-likeness (QED) is 0.576. The Balaban J connectivity index is 1.77. The number of aliphatic hydroxyl groups is 4. The third kappa shape index (κ3) is 4.12. The maximum absolute atomic E-state index is 10.2. The van der Waals surface area contributed by atoms with Gasteiger partial charge in [0.2, 0.25) is 0 Å². The summed E-state index contributed by atoms with van der Waals surface area (Å²) in [6.07, 6.45) is 10.2. The molecular formula is C24H40O4. The SMILES string of the molecule is C[C@H](CCCO)[C@H]1CC[C@H]2/C(=C/C=C3/CC(O)C(O)C(O)[C@H]3C)CCC[C@]12C. The lowest BCUT2D eigenvalue weighted by atomic mass is 9.60. The molecule has 0 spiro atoms. The minimum Gasteiger partial charge on any atom is -0.396 e. The van der Waals surface area contributed by atoms with Crippen molar-refractivity contribution >= 4 is 0 Å². The molecule has 0 aromatic carbocycles. The van der Waals surface area contributed by atoms with Crippen LogP contribution in [0.4, 0.5) is 0 Å². The van der Waals surface area contributed by atoms with E-state index in [9.17, 15) is 20.4 Å². The van der Waals surface area contributed by atoms with Crippen molar-refractivity contribution in [2.24, 2.45) is 29.1 Å². The summed E-state index contributed by atoms with van der Waals surface area (Å²) in [4.78, 5) is 0. The summed E-state index contributed by atoms with van der Waals surface area (Å²) in [7, 11) is 0. The molecule has 8 atom stereocenters. The van der Waals surface area contributed by atoms with Crippen LogP contribution in [0.1, 0.15) is 72.1 Å². The van der Waals surface area contributed by atoms with Gasteiger partial charge in [-0.3, -0.25) is 0 Å². The molecule has 4 nitrogen and oxygen atoms in total. The van der Waals surface area contributed by atoms with Crippen molar-refractivity contribution in [2.45, 2.75) is 90.4 Å². The van der Waals surface area contributed by atoms with Crippen LogP contribution in [-0.2, 0) is 0 Å². The summed E-state index contributed by atoms with van der Waals surface area (Å²) in [5.41, 5.74) is 2.92. The zero-order chi connectivity index (χ0) is 20.5. The van der Waals surface area contributed by atoms with E-state index in [1.807, 2.05) is 6.92 Å². The predicted molar refractivity (Wildman–Crippen MR) is 112 cm³/mol. The normalized spacial score (nSPS) is 45.4. The molecule has 3 fully saturated rings. The smallest absolute Gasteiger partial charge is 0.107 e. The molecule has 4 heteroatoms. The van der Waals surface area contributed by atoms with Crippen LogP contribution >= 0.6 is 0 Å². The Hall–Kier alpha value is -0.680. The monoisotopic (exact) mass is 392 g/mol. The van der Waals surface area contributed by atoms with Crippen LogP contribution in [0.15, 0.2) is 23.3 Å². The fourth-order valence-electron chi connectivity index (χ4n) is 6.55. The van der Waals surface area contributed by atoms with E-state index >= 15 is 0 Å². The average molecular weight is 393 g/mol. The van der Waals surface area contributed by atoms with Crippen molar-refractivity contribution in [3.8, 4) is 0 Å². The Bertz CT molecular complexity index is 597. The van der Waals surface area contributed by atoms with Gasteiger partial charge in [-0.25, -0.2) is 0 Å². The van der Waals surface area contributed by atoms with Crippen LogP contribution in [0.3, 0.4) is 0 Å². The van der Waals surface area contributed by atoms with Gasteiger partial charge in [0.25, 0.3) is 0 Å². The van der Waals surface area contributed by atoms with Gasteiger partial charge in [0.15, 0.2) is 0 Å². The molecule has 3 aliphatic carbocycles. The third-order valence-corrected chi connectivity index (χ3v) is 8.34. The molecule has 0 bridgehead atoms. The number of rotatable bonds is 5. The molecule has 0 aromatic rings. The number of hydrogen-bond donors (Lipinski definition) is 4. The Kier molecular flexibility index (Phi) is 7.07. The highest BCUT2D eigenvalue weighted by Crippen LogP contribution is 2.59. The maximum Gasteiger partial charge on any atom is 0.107 e. The first-order chi connectivity index (χ1) is 13.3. The fourth-order valence-corrected chi connectivity index (χ4v) is 6.55. The molecule has 0 amide bonds. The van der Waals surface area contributed by atoms with Crippen LogP contribution in [0.2, 0.25) is 0 Å². The van der Waals surface area contributed by atoms with Crippen molar-refractivity contribution in [2.75, 3.05) is 6.61 Å². The van der Waals surface area contributed by atoms with Gasteiger partial charge >= 0.3 is 0 Å². The van der Waals surface area contributed by atoms with E-state index in [1.165, 1.54) is 31.3 Å². The summed E-state index contributed by atoms with van der Waals surface area (Å²) < 4.78 is 0. The Morgan fingerprint density at radius 3 is 2.54 bits per heavy atom. The van der Waals surface area contributed by atoms with Gasteiger partial charge < -0.3 is 20.4 Å². The summed E-state index contributed by atoms with van der Waals surface area (Å²) in [6.45, 7) is 7.08. The van der Waals surface area contributed by atoms with Gasteiger partial charge in [-0.05, 0) is 74.5 Å². The van der Waals surface area contributed by atoms with Crippen molar-refractivity contribution in [3.63, 3.8) is 0 Å². The van der Waals surface area contributed by atoms with E-state index in [0.717, 1.165) is 30.8 Å². The Morgan fingerprint density at radius 2 is 1.82 bits per heavy atom. The van der Waals surface area contributed by atoms with Crippen LogP contribution in [0, 0.1) is 29.1 Å². The van der Waals surface area contributed by atoms with Crippen LogP contribution in [0.25, 0.3) is 0 Å². The Labute approximate surface area is 170 Å². The number of fused-ring (bicyclic) bond motifs is 1. The molecular weight excluding hydrogens is 352 g/mol. The molecule has 0 aliphatic heterocycles. The third-order valence-electron chi connectivity index (χ3n) is 8.34. The van der Waals surface area contributed by atoms with E-state index in [1.54, 1.807) is 0 Å². The van der Waals surface area contributed by atoms with Crippen LogP contribution in [0.5, 0.6) is 0 Å². The standard InChI is InChI=1S/C24H40O4/c1-15(6-5-13-25)19-10-11-20-17(7-4-12-24(19,20)3)8-9-18-14-21(26)23(28)22(27)16(18)2/h8-9,15-16,19-23,25-28H,4-7,10-14H2,1-3H3/b17-8+,18-9-/t15-,16+,19-,20+,21?,22?,23?,24-/m1/s1. The number of hydrogen-bond acceptors (Lipinski definition) is 4. The summed E-state index contributed by atoms with van der Waals surface area (Å²) in [5.74, 6) is 1.89. The second-order valence-corrected chi connectivity index (χ2v) is 9.96. The molecule has 3 aliphatic rings. The first-order valence-electron chi connectivity index (χ1n) is 11.3. The van der Waals surface area contributed by atoms with Crippen LogP contribution < -0.4 is 0 Å². The lowest BCUT2D eigenvalue weighted by Gasteiger charge is -2.44. The van der Waals surface area contributed by atoms with Gasteiger partial charge in [0, 0.05) is 12.5 Å². The summed E-state index contributed by atoms with van der Waals surface area (Å²) in [5, 5.41) is 39.3. The van der Waals surface area contributed by atoms with E-state index in [0.29, 0.717) is 30.3 Å². The first-order valence-corrected chi connectivity index (χ1v) is 11.3. The number of allylic oxidation sites excluding steroid dienone is 3. The zero-order valence-corrected chi connectivity index (χ0v) is 17.8. The second-order valence-electron chi connectivity index (χ2n) is 9.96. The van der Waals surface area contributed by atoms with E-state index in [-0.39, 0.29) is 5.92 Å². The lowest BCUT2D eigenvalue weighted by Crippen LogP contribution is -2.46. The van der Waals surface area contributed by atoms with Gasteiger partial charge in [-0.1, -0.05) is 44.1 Å². The van der Waals surface area contributed by atoms with Crippen molar-refractivity contribution in [1.29, 1.82) is 0 Å². The summed E-state index contributed by atoms with van der Waals surface area (Å²) >= 11 is 0. The van der Waals surface area contributed by atoms with Crippen LogP contribution in [-0.4, -0.2) is 45.3 Å². The molecule has 28 heavy (non-hydrogen) atoms.